The van der Waals surface area contributed by atoms with Crippen molar-refractivity contribution in [1.82, 2.24) is 15.2 Å². The first-order valence-corrected chi connectivity index (χ1v) is 6.65. The van der Waals surface area contributed by atoms with Crippen LogP contribution in [-0.2, 0) is 0 Å². The van der Waals surface area contributed by atoms with Gasteiger partial charge in [0.2, 0.25) is 0 Å². The molecule has 1 fully saturated rings. The van der Waals surface area contributed by atoms with Crippen molar-refractivity contribution in [3.63, 3.8) is 0 Å². The molecule has 5 heteroatoms. The molecule has 102 valence electrons. The van der Waals surface area contributed by atoms with Gasteiger partial charge in [0.25, 0.3) is 11.8 Å². The molecule has 0 aromatic carbocycles. The number of carbonyl (C=O) groups excluding carboxylic acids is 2. The highest BCUT2D eigenvalue weighted by Crippen LogP contribution is 2.12. The summed E-state index contributed by atoms with van der Waals surface area (Å²) in [5.41, 5.74) is 0.636. The maximum atomic E-state index is 12.2. The average Bonchev–Trinajstić information content (AvgIpc) is 2.91. The molecule has 0 saturated carbocycles. The Balaban J connectivity index is 2.14. The number of nitrogens with one attached hydrogen (secondary N) is 1. The Bertz CT molecular complexity index is 479. The second kappa shape index (κ2) is 5.82. The van der Waals surface area contributed by atoms with Gasteiger partial charge in [0.1, 0.15) is 11.4 Å². The van der Waals surface area contributed by atoms with Gasteiger partial charge in [0, 0.05) is 19.1 Å². The lowest BCUT2D eigenvalue weighted by molar-refractivity contribution is 0.0787. The average molecular weight is 261 g/mol. The summed E-state index contributed by atoms with van der Waals surface area (Å²) in [5, 5.41) is 2.77. The van der Waals surface area contributed by atoms with Gasteiger partial charge in [-0.3, -0.25) is 9.59 Å². The van der Waals surface area contributed by atoms with Gasteiger partial charge >= 0.3 is 0 Å². The zero-order chi connectivity index (χ0) is 13.8. The van der Waals surface area contributed by atoms with Gasteiger partial charge in [-0.2, -0.15) is 0 Å². The van der Waals surface area contributed by atoms with Gasteiger partial charge in [-0.15, -0.1) is 0 Å². The van der Waals surface area contributed by atoms with E-state index in [0.29, 0.717) is 11.4 Å². The number of carbonyl (C=O) groups is 2. The lowest BCUT2D eigenvalue weighted by Crippen LogP contribution is -2.32. The van der Waals surface area contributed by atoms with Crippen LogP contribution in [0.4, 0.5) is 0 Å². The van der Waals surface area contributed by atoms with Crippen molar-refractivity contribution in [3.8, 4) is 0 Å². The number of amides is 2. The van der Waals surface area contributed by atoms with Gasteiger partial charge < -0.3 is 10.2 Å². The predicted molar refractivity (Wildman–Crippen MR) is 72.0 cm³/mol. The molecular formula is C14H19N3O2. The molecule has 5 nitrogen and oxygen atoms in total. The van der Waals surface area contributed by atoms with Crippen molar-refractivity contribution in [1.29, 1.82) is 0 Å². The topological polar surface area (TPSA) is 62.3 Å². The van der Waals surface area contributed by atoms with Crippen LogP contribution in [0.25, 0.3) is 0 Å². The molecule has 2 heterocycles. The van der Waals surface area contributed by atoms with Gasteiger partial charge in [-0.05, 0) is 38.8 Å². The highest BCUT2D eigenvalue weighted by Gasteiger charge is 2.21. The third-order valence-electron chi connectivity index (χ3n) is 3.01. The van der Waals surface area contributed by atoms with E-state index in [0.717, 1.165) is 25.9 Å². The monoisotopic (exact) mass is 261 g/mol. The summed E-state index contributed by atoms with van der Waals surface area (Å²) >= 11 is 0. The van der Waals surface area contributed by atoms with E-state index >= 15 is 0 Å². The third-order valence-corrected chi connectivity index (χ3v) is 3.01. The Morgan fingerprint density at radius 1 is 1.21 bits per heavy atom. The molecule has 0 aliphatic carbocycles. The molecule has 0 unspecified atom stereocenters. The van der Waals surface area contributed by atoms with Crippen LogP contribution in [0, 0.1) is 0 Å². The molecule has 1 aromatic heterocycles. The van der Waals surface area contributed by atoms with E-state index in [1.165, 1.54) is 0 Å². The second-order valence-corrected chi connectivity index (χ2v) is 5.04. The van der Waals surface area contributed by atoms with E-state index in [1.807, 2.05) is 13.8 Å². The summed E-state index contributed by atoms with van der Waals surface area (Å²) in [6.45, 7) is 5.33. The first-order valence-electron chi connectivity index (χ1n) is 6.65. The summed E-state index contributed by atoms with van der Waals surface area (Å²) in [5.74, 6) is -0.331. The second-order valence-electron chi connectivity index (χ2n) is 5.04. The van der Waals surface area contributed by atoms with E-state index in [1.54, 1.807) is 23.1 Å². The van der Waals surface area contributed by atoms with Crippen molar-refractivity contribution < 1.29 is 9.59 Å². The fraction of sp³-hybridized carbons (Fsp3) is 0.500. The fourth-order valence-electron chi connectivity index (χ4n) is 2.10. The van der Waals surface area contributed by atoms with Crippen LogP contribution in [0.5, 0.6) is 0 Å². The Morgan fingerprint density at radius 2 is 1.84 bits per heavy atom. The summed E-state index contributed by atoms with van der Waals surface area (Å²) in [6.07, 6.45) is 2.08. The van der Waals surface area contributed by atoms with Crippen LogP contribution in [0.3, 0.4) is 0 Å². The maximum Gasteiger partial charge on any atom is 0.272 e. The number of hydrogen-bond donors (Lipinski definition) is 1. The van der Waals surface area contributed by atoms with Crippen LogP contribution in [0.1, 0.15) is 47.7 Å². The summed E-state index contributed by atoms with van der Waals surface area (Å²) in [6, 6.07) is 5.03. The molecular weight excluding hydrogens is 242 g/mol. The number of pyridine rings is 1. The normalized spacial score (nSPS) is 14.8. The SMILES string of the molecule is CC(C)NC(=O)c1cccc(C(=O)N2CCCC2)n1. The summed E-state index contributed by atoms with van der Waals surface area (Å²) in [4.78, 5) is 30.0. The molecule has 2 amide bonds. The zero-order valence-corrected chi connectivity index (χ0v) is 11.3. The number of aromatic nitrogens is 1. The molecule has 0 bridgehead atoms. The van der Waals surface area contributed by atoms with Gasteiger partial charge in [0.05, 0.1) is 0 Å². The quantitative estimate of drug-likeness (QED) is 0.896. The minimum absolute atomic E-state index is 0.0484. The van der Waals surface area contributed by atoms with Crippen molar-refractivity contribution >= 4 is 11.8 Å². The van der Waals surface area contributed by atoms with Crippen molar-refractivity contribution in [2.45, 2.75) is 32.7 Å². The van der Waals surface area contributed by atoms with E-state index < -0.39 is 0 Å². The predicted octanol–water partition coefficient (Wildman–Crippen LogP) is 1.46. The number of likely N-dealkylation sites (tertiary alicyclic amines) is 1. The van der Waals surface area contributed by atoms with E-state index in [2.05, 4.69) is 10.3 Å². The molecule has 0 atom stereocenters. The van der Waals surface area contributed by atoms with E-state index in [9.17, 15) is 9.59 Å². The first kappa shape index (κ1) is 13.5. The molecule has 1 aliphatic heterocycles. The zero-order valence-electron chi connectivity index (χ0n) is 11.3. The molecule has 1 aromatic rings. The minimum Gasteiger partial charge on any atom is -0.349 e. The van der Waals surface area contributed by atoms with E-state index in [4.69, 9.17) is 0 Å². The molecule has 1 N–H and O–H groups in total. The largest absolute Gasteiger partial charge is 0.349 e. The molecule has 19 heavy (non-hydrogen) atoms. The first-order chi connectivity index (χ1) is 9.08. The minimum atomic E-state index is -0.244. The fourth-order valence-corrected chi connectivity index (χ4v) is 2.10. The van der Waals surface area contributed by atoms with Crippen molar-refractivity contribution in [3.05, 3.63) is 29.6 Å². The molecule has 2 rings (SSSR count). The van der Waals surface area contributed by atoms with Gasteiger partial charge in [0.15, 0.2) is 0 Å². The highest BCUT2D eigenvalue weighted by molar-refractivity contribution is 5.96. The van der Waals surface area contributed by atoms with E-state index in [-0.39, 0.29) is 17.9 Å². The summed E-state index contributed by atoms with van der Waals surface area (Å²) in [7, 11) is 0. The number of hydrogen-bond acceptors (Lipinski definition) is 3. The number of nitrogens with zero attached hydrogens (tertiary/aromatic N) is 2. The molecule has 1 aliphatic rings. The Hall–Kier alpha value is -1.91. The Labute approximate surface area is 113 Å². The number of rotatable bonds is 3. The van der Waals surface area contributed by atoms with Crippen molar-refractivity contribution in [2.75, 3.05) is 13.1 Å². The van der Waals surface area contributed by atoms with Gasteiger partial charge in [-0.1, -0.05) is 6.07 Å². The van der Waals surface area contributed by atoms with Crippen LogP contribution >= 0.6 is 0 Å². The standard InChI is InChI=1S/C14H19N3O2/c1-10(2)15-13(18)11-6-5-7-12(16-11)14(19)17-8-3-4-9-17/h5-7,10H,3-4,8-9H2,1-2H3,(H,15,18). The van der Waals surface area contributed by atoms with Crippen LogP contribution < -0.4 is 5.32 Å². The molecule has 0 spiro atoms. The van der Waals surface area contributed by atoms with Crippen molar-refractivity contribution in [2.24, 2.45) is 0 Å². The highest BCUT2D eigenvalue weighted by atomic mass is 16.2. The van der Waals surface area contributed by atoms with Gasteiger partial charge in [-0.25, -0.2) is 4.98 Å². The maximum absolute atomic E-state index is 12.2. The van der Waals surface area contributed by atoms with Crippen LogP contribution in [-0.4, -0.2) is 40.8 Å². The van der Waals surface area contributed by atoms with Crippen LogP contribution in [0.2, 0.25) is 0 Å². The smallest absolute Gasteiger partial charge is 0.272 e. The molecule has 0 radical (unpaired) electrons. The molecule has 1 saturated heterocycles. The third kappa shape index (κ3) is 3.30. The van der Waals surface area contributed by atoms with Crippen LogP contribution in [0.15, 0.2) is 18.2 Å². The Morgan fingerprint density at radius 3 is 2.47 bits per heavy atom. The summed E-state index contributed by atoms with van der Waals surface area (Å²) < 4.78 is 0. The lowest BCUT2D eigenvalue weighted by atomic mass is 10.2. The Kier molecular flexibility index (Phi) is 4.14. The lowest BCUT2D eigenvalue weighted by Gasteiger charge is -2.15.